The molecular formula is C23H30N6O2. The van der Waals surface area contributed by atoms with Gasteiger partial charge in [0.2, 0.25) is 6.41 Å². The van der Waals surface area contributed by atoms with Crippen molar-refractivity contribution in [3.8, 4) is 0 Å². The van der Waals surface area contributed by atoms with Crippen LogP contribution in [0.1, 0.15) is 55.1 Å². The zero-order chi connectivity index (χ0) is 21.8. The number of benzene rings is 1. The van der Waals surface area contributed by atoms with Gasteiger partial charge in [0.05, 0.1) is 6.20 Å². The summed E-state index contributed by atoms with van der Waals surface area (Å²) in [5, 5.41) is 3.24. The Kier molecular flexibility index (Phi) is 6.06. The van der Waals surface area contributed by atoms with Crippen molar-refractivity contribution in [3.05, 3.63) is 41.7 Å². The topological polar surface area (TPSA) is 104 Å². The van der Waals surface area contributed by atoms with Gasteiger partial charge in [-0.15, -0.1) is 0 Å². The predicted molar refractivity (Wildman–Crippen MR) is 121 cm³/mol. The van der Waals surface area contributed by atoms with E-state index in [2.05, 4.69) is 39.2 Å². The first-order valence-electron chi connectivity index (χ1n) is 11.0. The molecule has 8 nitrogen and oxygen atoms in total. The van der Waals surface area contributed by atoms with Crippen molar-refractivity contribution in [3.63, 3.8) is 0 Å². The largest absolute Gasteiger partial charge is 0.364 e. The summed E-state index contributed by atoms with van der Waals surface area (Å²) in [6.45, 7) is 5.69. The zero-order valence-corrected chi connectivity index (χ0v) is 18.0. The summed E-state index contributed by atoms with van der Waals surface area (Å²) in [7, 11) is 0. The Morgan fingerprint density at radius 3 is 2.39 bits per heavy atom. The maximum Gasteiger partial charge on any atom is 0.271 e. The molecule has 0 unspecified atom stereocenters. The molecule has 0 spiro atoms. The number of hydrogen-bond acceptors (Lipinski definition) is 6. The number of hydrogen-bond donors (Lipinski definition) is 2. The summed E-state index contributed by atoms with van der Waals surface area (Å²) in [4.78, 5) is 35.9. The lowest BCUT2D eigenvalue weighted by Crippen LogP contribution is -2.40. The normalized spacial score (nSPS) is 18.5. The summed E-state index contributed by atoms with van der Waals surface area (Å²) in [5.74, 6) is 0.540. The van der Waals surface area contributed by atoms with Crippen LogP contribution in [0.2, 0.25) is 0 Å². The number of rotatable bonds is 6. The maximum absolute atomic E-state index is 11.9. The van der Waals surface area contributed by atoms with E-state index in [0.29, 0.717) is 5.82 Å². The minimum atomic E-state index is -0.605. The van der Waals surface area contributed by atoms with Gasteiger partial charge in [0, 0.05) is 31.9 Å². The first kappa shape index (κ1) is 21.1. The molecule has 0 saturated carbocycles. The van der Waals surface area contributed by atoms with Crippen molar-refractivity contribution in [2.24, 2.45) is 5.73 Å². The lowest BCUT2D eigenvalue weighted by Gasteiger charge is -2.38. The standard InChI is InChI=1S/C23H30N6O2/c1-23(9-13-28(16-30)14-10-23)17-5-7-18(8-6-17)26-22-20(21(24)31)25-15-19(27-22)29-11-3-2-4-12-29/h5-8,15-16H,2-4,9-14H2,1H3,(H2,24,31)(H,26,27). The van der Waals surface area contributed by atoms with E-state index in [1.54, 1.807) is 6.20 Å². The highest BCUT2D eigenvalue weighted by atomic mass is 16.1. The Morgan fingerprint density at radius 2 is 1.77 bits per heavy atom. The molecule has 164 valence electrons. The molecule has 0 atom stereocenters. The number of anilines is 3. The molecule has 0 bridgehead atoms. The number of nitrogens with one attached hydrogen (secondary N) is 1. The molecule has 2 aromatic rings. The first-order valence-corrected chi connectivity index (χ1v) is 11.0. The highest BCUT2D eigenvalue weighted by Gasteiger charge is 2.31. The molecule has 2 amide bonds. The number of amides is 2. The van der Waals surface area contributed by atoms with Crippen molar-refractivity contribution >= 4 is 29.6 Å². The molecule has 1 aromatic carbocycles. The monoisotopic (exact) mass is 422 g/mol. The van der Waals surface area contributed by atoms with Gasteiger partial charge in [-0.25, -0.2) is 9.97 Å². The first-order chi connectivity index (χ1) is 15.0. The Labute approximate surface area is 182 Å². The van der Waals surface area contributed by atoms with E-state index >= 15 is 0 Å². The zero-order valence-electron chi connectivity index (χ0n) is 18.0. The molecule has 4 rings (SSSR count). The number of piperidine rings is 2. The Balaban J connectivity index is 1.53. The molecule has 31 heavy (non-hydrogen) atoms. The highest BCUT2D eigenvalue weighted by molar-refractivity contribution is 5.96. The number of nitrogens with two attached hydrogens (primary N) is 1. The summed E-state index contributed by atoms with van der Waals surface area (Å²) in [6, 6.07) is 8.19. The van der Waals surface area contributed by atoms with Gasteiger partial charge in [-0.2, -0.15) is 0 Å². The van der Waals surface area contributed by atoms with Crippen LogP contribution in [-0.2, 0) is 10.2 Å². The molecule has 2 fully saturated rings. The Morgan fingerprint density at radius 1 is 1.10 bits per heavy atom. The second kappa shape index (κ2) is 8.91. The summed E-state index contributed by atoms with van der Waals surface area (Å²) < 4.78 is 0. The molecule has 0 radical (unpaired) electrons. The van der Waals surface area contributed by atoms with Crippen LogP contribution in [-0.4, -0.2) is 53.4 Å². The van der Waals surface area contributed by atoms with E-state index in [1.807, 2.05) is 17.0 Å². The van der Waals surface area contributed by atoms with Crippen LogP contribution in [0.3, 0.4) is 0 Å². The minimum absolute atomic E-state index is 0.0460. The molecule has 2 saturated heterocycles. The average molecular weight is 423 g/mol. The molecule has 8 heteroatoms. The van der Waals surface area contributed by atoms with Crippen LogP contribution in [0.15, 0.2) is 30.5 Å². The molecule has 2 aliphatic rings. The van der Waals surface area contributed by atoms with Crippen molar-refractivity contribution < 1.29 is 9.59 Å². The molecule has 1 aromatic heterocycles. The highest BCUT2D eigenvalue weighted by Crippen LogP contribution is 2.35. The number of primary amides is 1. The van der Waals surface area contributed by atoms with E-state index in [0.717, 1.165) is 69.8 Å². The number of carbonyl (C=O) groups excluding carboxylic acids is 2. The van der Waals surface area contributed by atoms with Crippen LogP contribution in [0.25, 0.3) is 0 Å². The average Bonchev–Trinajstić information content (AvgIpc) is 2.80. The fourth-order valence-corrected chi connectivity index (χ4v) is 4.43. The second-order valence-electron chi connectivity index (χ2n) is 8.74. The van der Waals surface area contributed by atoms with Crippen molar-refractivity contribution in [2.75, 3.05) is 36.4 Å². The van der Waals surface area contributed by atoms with Crippen LogP contribution >= 0.6 is 0 Å². The predicted octanol–water partition coefficient (Wildman–Crippen LogP) is 2.82. The number of likely N-dealkylation sites (tertiary alicyclic amines) is 1. The third kappa shape index (κ3) is 4.62. The van der Waals surface area contributed by atoms with Gasteiger partial charge in [0.25, 0.3) is 5.91 Å². The summed E-state index contributed by atoms with van der Waals surface area (Å²) in [6.07, 6.45) is 7.93. The van der Waals surface area contributed by atoms with E-state index in [4.69, 9.17) is 5.73 Å². The Hall–Kier alpha value is -3.16. The summed E-state index contributed by atoms with van der Waals surface area (Å²) >= 11 is 0. The maximum atomic E-state index is 11.9. The molecule has 3 heterocycles. The van der Waals surface area contributed by atoms with Gasteiger partial charge in [0.1, 0.15) is 5.82 Å². The number of carbonyl (C=O) groups is 2. The minimum Gasteiger partial charge on any atom is -0.364 e. The SMILES string of the molecule is CC1(c2ccc(Nc3nc(N4CCCCC4)cnc3C(N)=O)cc2)CCN(C=O)CC1. The van der Waals surface area contributed by atoms with Crippen molar-refractivity contribution in [1.82, 2.24) is 14.9 Å². The third-order valence-corrected chi connectivity index (χ3v) is 6.57. The number of aromatic nitrogens is 2. The van der Waals surface area contributed by atoms with E-state index in [1.165, 1.54) is 12.0 Å². The van der Waals surface area contributed by atoms with Crippen LogP contribution < -0.4 is 16.0 Å². The van der Waals surface area contributed by atoms with Crippen molar-refractivity contribution in [1.29, 1.82) is 0 Å². The fraction of sp³-hybridized carbons (Fsp3) is 0.478. The van der Waals surface area contributed by atoms with Gasteiger partial charge in [-0.1, -0.05) is 19.1 Å². The quantitative estimate of drug-likeness (QED) is 0.694. The van der Waals surface area contributed by atoms with Crippen LogP contribution in [0.4, 0.5) is 17.3 Å². The molecule has 0 aliphatic carbocycles. The Bertz CT molecular complexity index is 932. The van der Waals surface area contributed by atoms with Crippen LogP contribution in [0, 0.1) is 0 Å². The van der Waals surface area contributed by atoms with E-state index in [9.17, 15) is 9.59 Å². The smallest absolute Gasteiger partial charge is 0.271 e. The third-order valence-electron chi connectivity index (χ3n) is 6.57. The van der Waals surface area contributed by atoms with Gasteiger partial charge in [0.15, 0.2) is 11.5 Å². The second-order valence-corrected chi connectivity index (χ2v) is 8.74. The fourth-order valence-electron chi connectivity index (χ4n) is 4.43. The van der Waals surface area contributed by atoms with Gasteiger partial charge >= 0.3 is 0 Å². The van der Waals surface area contributed by atoms with E-state index in [-0.39, 0.29) is 11.1 Å². The van der Waals surface area contributed by atoms with Gasteiger partial charge in [-0.05, 0) is 55.2 Å². The molecule has 2 aliphatic heterocycles. The van der Waals surface area contributed by atoms with E-state index < -0.39 is 5.91 Å². The van der Waals surface area contributed by atoms with Gasteiger partial charge in [-0.3, -0.25) is 9.59 Å². The lowest BCUT2D eigenvalue weighted by molar-refractivity contribution is -0.119. The lowest BCUT2D eigenvalue weighted by atomic mass is 9.74. The number of nitrogens with zero attached hydrogens (tertiary/aromatic N) is 4. The van der Waals surface area contributed by atoms with Gasteiger partial charge < -0.3 is 20.9 Å². The summed E-state index contributed by atoms with van der Waals surface area (Å²) in [5.41, 5.74) is 7.78. The molecular weight excluding hydrogens is 392 g/mol. The van der Waals surface area contributed by atoms with Crippen molar-refractivity contribution in [2.45, 2.75) is 44.4 Å². The molecule has 3 N–H and O–H groups in total. The van der Waals surface area contributed by atoms with Crippen LogP contribution in [0.5, 0.6) is 0 Å².